The Morgan fingerprint density at radius 2 is 1.88 bits per heavy atom. The van der Waals surface area contributed by atoms with Gasteiger partial charge in [-0.15, -0.1) is 0 Å². The molecule has 0 spiro atoms. The third kappa shape index (κ3) is 3.14. The van der Waals surface area contributed by atoms with Crippen LogP contribution in [0.4, 0.5) is 0 Å². The van der Waals surface area contributed by atoms with E-state index in [9.17, 15) is 0 Å². The Hall–Kier alpha value is -1.68. The van der Waals surface area contributed by atoms with Gasteiger partial charge in [0.25, 0.3) is 0 Å². The smallest absolute Gasteiger partial charge is 0.152 e. The quantitative estimate of drug-likeness (QED) is 0.837. The third-order valence-electron chi connectivity index (χ3n) is 2.75. The molecule has 1 heterocycles. The molecule has 4 heteroatoms. The van der Waals surface area contributed by atoms with Crippen LogP contribution in [0, 0.1) is 0 Å². The summed E-state index contributed by atoms with van der Waals surface area (Å²) < 4.78 is 1.86. The van der Waals surface area contributed by atoms with Gasteiger partial charge in [0.1, 0.15) is 5.82 Å². The minimum Gasteiger partial charge on any atom is -0.330 e. The van der Waals surface area contributed by atoms with E-state index in [0.717, 1.165) is 30.9 Å². The summed E-state index contributed by atoms with van der Waals surface area (Å²) >= 11 is 0. The van der Waals surface area contributed by atoms with Crippen LogP contribution in [0.5, 0.6) is 0 Å². The largest absolute Gasteiger partial charge is 0.330 e. The van der Waals surface area contributed by atoms with Gasteiger partial charge in [-0.2, -0.15) is 5.10 Å². The fourth-order valence-electron chi connectivity index (χ4n) is 1.83. The van der Waals surface area contributed by atoms with Crippen molar-refractivity contribution < 1.29 is 0 Å². The van der Waals surface area contributed by atoms with Crippen LogP contribution < -0.4 is 5.73 Å². The van der Waals surface area contributed by atoms with E-state index >= 15 is 0 Å². The van der Waals surface area contributed by atoms with Crippen LogP contribution in [0.25, 0.3) is 0 Å². The molecule has 2 rings (SSSR count). The van der Waals surface area contributed by atoms with E-state index in [1.807, 2.05) is 17.8 Å². The van der Waals surface area contributed by atoms with E-state index < -0.39 is 0 Å². The van der Waals surface area contributed by atoms with Crippen molar-refractivity contribution in [2.24, 2.45) is 12.8 Å². The second kappa shape index (κ2) is 5.59. The zero-order valence-electron chi connectivity index (χ0n) is 10.1. The maximum Gasteiger partial charge on any atom is 0.152 e. The van der Waals surface area contributed by atoms with Gasteiger partial charge in [0, 0.05) is 19.9 Å². The predicted octanol–water partition coefficient (Wildman–Crippen LogP) is 1.10. The number of nitrogens with zero attached hydrogens (tertiary/aromatic N) is 3. The molecular formula is C13H18N4. The van der Waals surface area contributed by atoms with Crippen LogP contribution in [0.2, 0.25) is 0 Å². The first-order valence-corrected chi connectivity index (χ1v) is 5.92. The maximum absolute atomic E-state index is 5.50. The van der Waals surface area contributed by atoms with Crippen molar-refractivity contribution >= 4 is 0 Å². The van der Waals surface area contributed by atoms with Crippen molar-refractivity contribution in [3.05, 3.63) is 47.5 Å². The van der Waals surface area contributed by atoms with Crippen molar-refractivity contribution in [3.63, 3.8) is 0 Å². The SMILES string of the molecule is Cn1nc(CCN)nc1CCc1ccccc1. The lowest BCUT2D eigenvalue weighted by atomic mass is 10.1. The molecule has 2 aromatic rings. The number of rotatable bonds is 5. The van der Waals surface area contributed by atoms with Gasteiger partial charge in [-0.3, -0.25) is 4.68 Å². The standard InChI is InChI=1S/C13H18N4/c1-17-13(15-12(16-17)9-10-14)8-7-11-5-3-2-4-6-11/h2-6H,7-10,14H2,1H3. The molecule has 2 N–H and O–H groups in total. The molecule has 1 aromatic heterocycles. The number of benzene rings is 1. The highest BCUT2D eigenvalue weighted by Crippen LogP contribution is 2.05. The second-order valence-corrected chi connectivity index (χ2v) is 4.09. The van der Waals surface area contributed by atoms with Gasteiger partial charge >= 0.3 is 0 Å². The van der Waals surface area contributed by atoms with Crippen LogP contribution >= 0.6 is 0 Å². The van der Waals surface area contributed by atoms with Crippen molar-refractivity contribution in [1.29, 1.82) is 0 Å². The normalized spacial score (nSPS) is 10.7. The highest BCUT2D eigenvalue weighted by atomic mass is 15.3. The summed E-state index contributed by atoms with van der Waals surface area (Å²) in [6, 6.07) is 10.4. The molecule has 0 atom stereocenters. The van der Waals surface area contributed by atoms with E-state index in [1.54, 1.807) is 0 Å². The molecule has 0 bridgehead atoms. The van der Waals surface area contributed by atoms with Crippen LogP contribution in [-0.4, -0.2) is 21.3 Å². The Balaban J connectivity index is 1.99. The minimum absolute atomic E-state index is 0.599. The first-order chi connectivity index (χ1) is 8.29. The molecule has 17 heavy (non-hydrogen) atoms. The zero-order valence-corrected chi connectivity index (χ0v) is 10.1. The summed E-state index contributed by atoms with van der Waals surface area (Å²) in [5.74, 6) is 1.87. The molecule has 90 valence electrons. The number of hydrogen-bond donors (Lipinski definition) is 1. The van der Waals surface area contributed by atoms with Crippen molar-refractivity contribution in [2.45, 2.75) is 19.3 Å². The molecule has 0 saturated heterocycles. The zero-order chi connectivity index (χ0) is 12.1. The van der Waals surface area contributed by atoms with Crippen LogP contribution in [0.3, 0.4) is 0 Å². The molecule has 0 unspecified atom stereocenters. The minimum atomic E-state index is 0.599. The molecule has 0 aliphatic carbocycles. The lowest BCUT2D eigenvalue weighted by molar-refractivity contribution is 0.685. The highest BCUT2D eigenvalue weighted by molar-refractivity contribution is 5.15. The van der Waals surface area contributed by atoms with Gasteiger partial charge in [0.2, 0.25) is 0 Å². The van der Waals surface area contributed by atoms with E-state index in [2.05, 4.69) is 34.3 Å². The predicted molar refractivity (Wildman–Crippen MR) is 67.6 cm³/mol. The van der Waals surface area contributed by atoms with E-state index in [4.69, 9.17) is 5.73 Å². The number of nitrogens with two attached hydrogens (primary N) is 1. The Kier molecular flexibility index (Phi) is 3.88. The molecule has 0 aliphatic heterocycles. The lowest BCUT2D eigenvalue weighted by Gasteiger charge is -2.00. The first kappa shape index (κ1) is 11.8. The van der Waals surface area contributed by atoms with E-state index in [-0.39, 0.29) is 0 Å². The Bertz CT molecular complexity index is 462. The summed E-state index contributed by atoms with van der Waals surface area (Å²) in [6.45, 7) is 0.599. The molecule has 0 saturated carbocycles. The van der Waals surface area contributed by atoms with Gasteiger partial charge in [-0.1, -0.05) is 30.3 Å². The van der Waals surface area contributed by atoms with Gasteiger partial charge in [0.15, 0.2) is 5.82 Å². The van der Waals surface area contributed by atoms with Gasteiger partial charge < -0.3 is 5.73 Å². The molecule has 0 radical (unpaired) electrons. The molecule has 1 aromatic carbocycles. The molecule has 0 aliphatic rings. The Morgan fingerprint density at radius 1 is 1.12 bits per heavy atom. The van der Waals surface area contributed by atoms with Crippen LogP contribution in [-0.2, 0) is 26.3 Å². The fraction of sp³-hybridized carbons (Fsp3) is 0.385. The monoisotopic (exact) mass is 230 g/mol. The van der Waals surface area contributed by atoms with Crippen molar-refractivity contribution in [2.75, 3.05) is 6.54 Å². The van der Waals surface area contributed by atoms with Crippen LogP contribution in [0.15, 0.2) is 30.3 Å². The average molecular weight is 230 g/mol. The molecule has 4 nitrogen and oxygen atoms in total. The number of aromatic nitrogens is 3. The van der Waals surface area contributed by atoms with Gasteiger partial charge in [0.05, 0.1) is 0 Å². The first-order valence-electron chi connectivity index (χ1n) is 5.92. The number of hydrogen-bond acceptors (Lipinski definition) is 3. The van der Waals surface area contributed by atoms with E-state index in [1.165, 1.54) is 5.56 Å². The summed E-state index contributed by atoms with van der Waals surface area (Å²) in [6.07, 6.45) is 2.66. The van der Waals surface area contributed by atoms with E-state index in [0.29, 0.717) is 6.54 Å². The summed E-state index contributed by atoms with van der Waals surface area (Å²) in [7, 11) is 1.94. The van der Waals surface area contributed by atoms with Gasteiger partial charge in [-0.25, -0.2) is 4.98 Å². The highest BCUT2D eigenvalue weighted by Gasteiger charge is 2.06. The van der Waals surface area contributed by atoms with Gasteiger partial charge in [-0.05, 0) is 18.5 Å². The summed E-state index contributed by atoms with van der Waals surface area (Å²) in [5, 5.41) is 4.34. The Morgan fingerprint density at radius 3 is 2.59 bits per heavy atom. The summed E-state index contributed by atoms with van der Waals surface area (Å²) in [4.78, 5) is 4.49. The van der Waals surface area contributed by atoms with Crippen molar-refractivity contribution in [3.8, 4) is 0 Å². The topological polar surface area (TPSA) is 56.7 Å². The van der Waals surface area contributed by atoms with Crippen LogP contribution in [0.1, 0.15) is 17.2 Å². The molecule has 0 fully saturated rings. The molecular weight excluding hydrogens is 212 g/mol. The Labute approximate surface area is 101 Å². The maximum atomic E-state index is 5.50. The molecule has 0 amide bonds. The second-order valence-electron chi connectivity index (χ2n) is 4.09. The average Bonchev–Trinajstić information content (AvgIpc) is 2.69. The lowest BCUT2D eigenvalue weighted by Crippen LogP contribution is -2.04. The van der Waals surface area contributed by atoms with Crippen molar-refractivity contribution in [1.82, 2.24) is 14.8 Å². The third-order valence-corrected chi connectivity index (χ3v) is 2.75. The fourth-order valence-corrected chi connectivity index (χ4v) is 1.83. The number of aryl methyl sites for hydroxylation is 3. The summed E-state index contributed by atoms with van der Waals surface area (Å²) in [5.41, 5.74) is 6.83.